The SMILES string of the molecule is COC(=O)[C@@]1(c2ccccc2)N[C@@H](c2ccc(O)cc2)[C@H]2C(=O)N(c3ccc(F)cc3)C(=O)[C@@H]21. The maximum absolute atomic E-state index is 13.8. The largest absolute Gasteiger partial charge is 0.508 e. The van der Waals surface area contributed by atoms with Gasteiger partial charge in [0.1, 0.15) is 11.6 Å². The van der Waals surface area contributed by atoms with E-state index in [9.17, 15) is 23.9 Å². The van der Waals surface area contributed by atoms with Crippen LogP contribution in [0.5, 0.6) is 5.75 Å². The predicted octanol–water partition coefficient (Wildman–Crippen LogP) is 3.05. The number of imide groups is 1. The van der Waals surface area contributed by atoms with Crippen molar-refractivity contribution in [2.24, 2.45) is 11.8 Å². The van der Waals surface area contributed by atoms with Gasteiger partial charge in [0, 0.05) is 6.04 Å². The average molecular weight is 460 g/mol. The van der Waals surface area contributed by atoms with Gasteiger partial charge in [0.2, 0.25) is 11.8 Å². The van der Waals surface area contributed by atoms with E-state index in [2.05, 4.69) is 5.32 Å². The van der Waals surface area contributed by atoms with Crippen molar-refractivity contribution in [3.8, 4) is 5.75 Å². The van der Waals surface area contributed by atoms with Crippen LogP contribution < -0.4 is 10.2 Å². The Morgan fingerprint density at radius 1 is 0.971 bits per heavy atom. The number of benzene rings is 3. The van der Waals surface area contributed by atoms with Gasteiger partial charge in [-0.3, -0.25) is 14.9 Å². The van der Waals surface area contributed by atoms with Crippen molar-refractivity contribution in [1.82, 2.24) is 5.32 Å². The molecule has 8 heteroatoms. The lowest BCUT2D eigenvalue weighted by molar-refractivity contribution is -0.152. The van der Waals surface area contributed by atoms with E-state index < -0.39 is 47.0 Å². The number of nitrogens with one attached hydrogen (secondary N) is 1. The highest BCUT2D eigenvalue weighted by Crippen LogP contribution is 2.54. The molecule has 0 saturated carbocycles. The summed E-state index contributed by atoms with van der Waals surface area (Å²) in [7, 11) is 1.23. The Labute approximate surface area is 194 Å². The third-order valence-electron chi connectivity index (χ3n) is 6.63. The number of hydrogen-bond acceptors (Lipinski definition) is 6. The molecule has 2 N–H and O–H groups in total. The highest BCUT2D eigenvalue weighted by atomic mass is 19.1. The van der Waals surface area contributed by atoms with Crippen LogP contribution in [0.2, 0.25) is 0 Å². The summed E-state index contributed by atoms with van der Waals surface area (Å²) < 4.78 is 18.7. The van der Waals surface area contributed by atoms with E-state index in [0.29, 0.717) is 11.1 Å². The molecule has 0 aromatic heterocycles. The van der Waals surface area contributed by atoms with Crippen molar-refractivity contribution in [3.63, 3.8) is 0 Å². The molecule has 4 atom stereocenters. The molecule has 0 aliphatic carbocycles. The summed E-state index contributed by atoms with van der Waals surface area (Å²) >= 11 is 0. The smallest absolute Gasteiger partial charge is 0.331 e. The third kappa shape index (κ3) is 3.10. The number of phenolic OH excluding ortho intramolecular Hbond substituents is 1. The third-order valence-corrected chi connectivity index (χ3v) is 6.63. The molecular weight excluding hydrogens is 439 g/mol. The summed E-state index contributed by atoms with van der Waals surface area (Å²) in [5, 5.41) is 13.0. The predicted molar refractivity (Wildman–Crippen MR) is 120 cm³/mol. The molecule has 2 fully saturated rings. The Morgan fingerprint density at radius 3 is 2.24 bits per heavy atom. The van der Waals surface area contributed by atoms with Crippen molar-refractivity contribution in [1.29, 1.82) is 0 Å². The second kappa shape index (κ2) is 8.07. The van der Waals surface area contributed by atoms with E-state index in [4.69, 9.17) is 4.74 Å². The molecule has 0 bridgehead atoms. The van der Waals surface area contributed by atoms with Crippen molar-refractivity contribution in [2.75, 3.05) is 12.0 Å². The van der Waals surface area contributed by atoms with Crippen molar-refractivity contribution in [3.05, 3.63) is 95.8 Å². The van der Waals surface area contributed by atoms with E-state index >= 15 is 0 Å². The highest BCUT2D eigenvalue weighted by molar-refractivity contribution is 6.24. The molecule has 5 rings (SSSR count). The minimum absolute atomic E-state index is 0.0438. The van der Waals surface area contributed by atoms with E-state index in [0.717, 1.165) is 4.90 Å². The van der Waals surface area contributed by atoms with Crippen LogP contribution in [0.3, 0.4) is 0 Å². The molecule has 3 aromatic rings. The maximum Gasteiger partial charge on any atom is 0.331 e. The number of carbonyl (C=O) groups is 3. The van der Waals surface area contributed by atoms with Crippen molar-refractivity contribution in [2.45, 2.75) is 11.6 Å². The van der Waals surface area contributed by atoms with Gasteiger partial charge >= 0.3 is 5.97 Å². The summed E-state index contributed by atoms with van der Waals surface area (Å²) in [6, 6.07) is 19.2. The zero-order valence-corrected chi connectivity index (χ0v) is 18.1. The average Bonchev–Trinajstić information content (AvgIpc) is 3.35. The van der Waals surface area contributed by atoms with Crippen molar-refractivity contribution >= 4 is 23.5 Å². The maximum atomic E-state index is 13.8. The van der Waals surface area contributed by atoms with Gasteiger partial charge in [-0.25, -0.2) is 14.1 Å². The van der Waals surface area contributed by atoms with E-state index in [1.807, 2.05) is 0 Å². The minimum Gasteiger partial charge on any atom is -0.508 e. The van der Waals surface area contributed by atoms with Gasteiger partial charge in [-0.05, 0) is 47.5 Å². The van der Waals surface area contributed by atoms with Crippen LogP contribution in [-0.2, 0) is 24.7 Å². The molecule has 0 unspecified atom stereocenters. The zero-order chi connectivity index (χ0) is 24.0. The number of halogens is 1. The molecule has 2 aliphatic heterocycles. The van der Waals surface area contributed by atoms with Crippen LogP contribution in [0.15, 0.2) is 78.9 Å². The van der Waals surface area contributed by atoms with Gasteiger partial charge < -0.3 is 9.84 Å². The first-order chi connectivity index (χ1) is 16.4. The first kappa shape index (κ1) is 21.8. The summed E-state index contributed by atoms with van der Waals surface area (Å²) in [4.78, 5) is 42.0. The van der Waals surface area contributed by atoms with Gasteiger partial charge in [0.05, 0.1) is 24.6 Å². The zero-order valence-electron chi connectivity index (χ0n) is 18.1. The molecule has 2 aliphatic rings. The minimum atomic E-state index is -1.63. The summed E-state index contributed by atoms with van der Waals surface area (Å²) in [6.45, 7) is 0. The van der Waals surface area contributed by atoms with Crippen LogP contribution in [0.4, 0.5) is 10.1 Å². The van der Waals surface area contributed by atoms with Crippen LogP contribution >= 0.6 is 0 Å². The summed E-state index contributed by atoms with van der Waals surface area (Å²) in [5.74, 6) is -4.29. The van der Waals surface area contributed by atoms with Crippen molar-refractivity contribution < 1.29 is 28.6 Å². The number of nitrogens with zero attached hydrogens (tertiary/aromatic N) is 1. The number of carbonyl (C=O) groups excluding carboxylic acids is 3. The molecule has 0 radical (unpaired) electrons. The fraction of sp³-hybridized carbons (Fsp3) is 0.192. The quantitative estimate of drug-likeness (QED) is 0.459. The number of amides is 2. The molecule has 172 valence electrons. The van der Waals surface area contributed by atoms with Gasteiger partial charge in [0.15, 0.2) is 5.54 Å². The standard InChI is InChI=1S/C26H21FN2O5/c1-34-25(33)26(16-5-3-2-4-6-16)21-20(22(28-26)15-7-13-19(30)14-8-15)23(31)29(24(21)32)18-11-9-17(27)10-12-18/h2-14,20-22,28,30H,1H3/t20-,21+,22-,26-/m0/s1. The van der Waals surface area contributed by atoms with E-state index in [1.54, 1.807) is 42.5 Å². The highest BCUT2D eigenvalue weighted by Gasteiger charge is 2.69. The number of rotatable bonds is 4. The van der Waals surface area contributed by atoms with Crippen LogP contribution in [0.25, 0.3) is 0 Å². The molecule has 34 heavy (non-hydrogen) atoms. The monoisotopic (exact) mass is 460 g/mol. The number of aromatic hydroxyl groups is 1. The molecule has 3 aromatic carbocycles. The topological polar surface area (TPSA) is 95.9 Å². The van der Waals surface area contributed by atoms with Gasteiger partial charge in [-0.2, -0.15) is 0 Å². The molecule has 0 spiro atoms. The lowest BCUT2D eigenvalue weighted by atomic mass is 9.75. The number of phenols is 1. The Hall–Kier alpha value is -4.04. The number of anilines is 1. The van der Waals surface area contributed by atoms with Gasteiger partial charge in [0.25, 0.3) is 0 Å². The molecule has 7 nitrogen and oxygen atoms in total. The fourth-order valence-corrected chi connectivity index (χ4v) is 5.15. The van der Waals surface area contributed by atoms with E-state index in [1.165, 1.54) is 43.5 Å². The second-order valence-corrected chi connectivity index (χ2v) is 8.37. The molecule has 2 saturated heterocycles. The van der Waals surface area contributed by atoms with Crippen LogP contribution in [0, 0.1) is 17.7 Å². The van der Waals surface area contributed by atoms with Crippen LogP contribution in [0.1, 0.15) is 17.2 Å². The lowest BCUT2D eigenvalue weighted by Gasteiger charge is -2.33. The number of hydrogen-bond donors (Lipinski definition) is 2. The fourth-order valence-electron chi connectivity index (χ4n) is 5.15. The normalized spacial score (nSPS) is 25.9. The first-order valence-corrected chi connectivity index (χ1v) is 10.7. The first-order valence-electron chi connectivity index (χ1n) is 10.7. The second-order valence-electron chi connectivity index (χ2n) is 8.37. The number of methoxy groups -OCH3 is 1. The Balaban J connectivity index is 1.72. The van der Waals surface area contributed by atoms with E-state index in [-0.39, 0.29) is 11.4 Å². The molecule has 2 heterocycles. The number of ether oxygens (including phenoxy) is 1. The molecular formula is C26H21FN2O5. The Kier molecular flexibility index (Phi) is 5.17. The lowest BCUT2D eigenvalue weighted by Crippen LogP contribution is -2.53. The van der Waals surface area contributed by atoms with Gasteiger partial charge in [-0.1, -0.05) is 42.5 Å². The Bertz CT molecular complexity index is 1260. The van der Waals surface area contributed by atoms with Crippen LogP contribution in [-0.4, -0.2) is 30.0 Å². The Morgan fingerprint density at radius 2 is 1.62 bits per heavy atom. The number of esters is 1. The molecule has 2 amide bonds. The number of fused-ring (bicyclic) bond motifs is 1. The summed E-state index contributed by atoms with van der Waals surface area (Å²) in [5.41, 5.74) is -0.302. The van der Waals surface area contributed by atoms with Gasteiger partial charge in [-0.15, -0.1) is 0 Å². The summed E-state index contributed by atoms with van der Waals surface area (Å²) in [6.07, 6.45) is 0.